The van der Waals surface area contributed by atoms with E-state index in [0.717, 1.165) is 5.92 Å². The maximum Gasteiger partial charge on any atom is 0.00192 e. The average molecular weight is 170 g/mol. The molecular formula is C10H22N2. The number of rotatable bonds is 5. The molecule has 0 unspecified atom stereocenters. The van der Waals surface area contributed by atoms with Crippen LogP contribution in [0.1, 0.15) is 26.2 Å². The lowest BCUT2D eigenvalue weighted by molar-refractivity contribution is 0.281. The minimum atomic E-state index is 0.909. The highest BCUT2D eigenvalue weighted by Crippen LogP contribution is 2.08. The van der Waals surface area contributed by atoms with Crippen LogP contribution in [0.25, 0.3) is 0 Å². The van der Waals surface area contributed by atoms with E-state index in [9.17, 15) is 0 Å². The van der Waals surface area contributed by atoms with Gasteiger partial charge in [0, 0.05) is 6.54 Å². The summed E-state index contributed by atoms with van der Waals surface area (Å²) in [5.41, 5.74) is 0. The summed E-state index contributed by atoms with van der Waals surface area (Å²) in [4.78, 5) is 2.47. The van der Waals surface area contributed by atoms with Crippen molar-refractivity contribution in [3.05, 3.63) is 0 Å². The monoisotopic (exact) mass is 170 g/mol. The molecule has 1 heterocycles. The molecule has 0 aromatic rings. The molecule has 0 aliphatic carbocycles. The molecule has 1 aliphatic rings. The molecule has 0 spiro atoms. The van der Waals surface area contributed by atoms with Crippen LogP contribution in [0, 0.1) is 5.92 Å². The largest absolute Gasteiger partial charge is 0.316 e. The van der Waals surface area contributed by atoms with Gasteiger partial charge in [0.2, 0.25) is 0 Å². The zero-order chi connectivity index (χ0) is 8.81. The van der Waals surface area contributed by atoms with Crippen LogP contribution in [0.4, 0.5) is 0 Å². The maximum absolute atomic E-state index is 3.41. The van der Waals surface area contributed by atoms with E-state index in [0.29, 0.717) is 0 Å². The van der Waals surface area contributed by atoms with Gasteiger partial charge in [0.1, 0.15) is 0 Å². The molecule has 1 rings (SSSR count). The molecule has 1 saturated heterocycles. The first-order valence-electron chi connectivity index (χ1n) is 5.22. The van der Waals surface area contributed by atoms with Crippen LogP contribution in [0.15, 0.2) is 0 Å². The molecule has 0 amide bonds. The summed E-state index contributed by atoms with van der Waals surface area (Å²) >= 11 is 0. The van der Waals surface area contributed by atoms with Gasteiger partial charge in [-0.3, -0.25) is 0 Å². The van der Waals surface area contributed by atoms with E-state index in [1.807, 2.05) is 0 Å². The highest BCUT2D eigenvalue weighted by Gasteiger charge is 2.15. The van der Waals surface area contributed by atoms with Crippen molar-refractivity contribution < 1.29 is 0 Å². The van der Waals surface area contributed by atoms with Gasteiger partial charge in [0.05, 0.1) is 0 Å². The van der Waals surface area contributed by atoms with Crippen LogP contribution in [-0.4, -0.2) is 38.1 Å². The van der Waals surface area contributed by atoms with Gasteiger partial charge < -0.3 is 10.2 Å². The number of hydrogen-bond acceptors (Lipinski definition) is 2. The summed E-state index contributed by atoms with van der Waals surface area (Å²) in [5.74, 6) is 0.909. The second-order valence-corrected chi connectivity index (χ2v) is 3.97. The first-order chi connectivity index (χ1) is 5.83. The summed E-state index contributed by atoms with van der Waals surface area (Å²) < 4.78 is 0. The van der Waals surface area contributed by atoms with Crippen molar-refractivity contribution in [2.45, 2.75) is 26.2 Å². The Kier molecular flexibility index (Phi) is 4.62. The Morgan fingerprint density at radius 2 is 2.33 bits per heavy atom. The standard InChI is InChI=1S/C10H22N2/c1-3-4-7-12(2)9-10-5-6-11-8-10/h10-11H,3-9H2,1-2H3/t10-/m1/s1. The lowest BCUT2D eigenvalue weighted by Gasteiger charge is -2.19. The van der Waals surface area contributed by atoms with E-state index >= 15 is 0 Å². The Labute approximate surface area is 76.3 Å². The van der Waals surface area contributed by atoms with E-state index < -0.39 is 0 Å². The zero-order valence-corrected chi connectivity index (χ0v) is 8.47. The van der Waals surface area contributed by atoms with Gasteiger partial charge >= 0.3 is 0 Å². The SMILES string of the molecule is CCCCN(C)C[C@@H]1CCNC1. The molecule has 2 heteroatoms. The molecule has 0 saturated carbocycles. The third-order valence-corrected chi connectivity index (χ3v) is 2.63. The third kappa shape index (κ3) is 3.55. The predicted octanol–water partition coefficient (Wildman–Crippen LogP) is 1.33. The van der Waals surface area contributed by atoms with Crippen LogP contribution >= 0.6 is 0 Å². The molecule has 12 heavy (non-hydrogen) atoms. The normalized spacial score (nSPS) is 23.8. The van der Waals surface area contributed by atoms with E-state index in [-0.39, 0.29) is 0 Å². The van der Waals surface area contributed by atoms with E-state index in [2.05, 4.69) is 24.2 Å². The van der Waals surface area contributed by atoms with Crippen molar-refractivity contribution in [1.29, 1.82) is 0 Å². The highest BCUT2D eigenvalue weighted by atomic mass is 15.1. The fraction of sp³-hybridized carbons (Fsp3) is 1.00. The summed E-state index contributed by atoms with van der Waals surface area (Å²) in [5, 5.41) is 3.41. The van der Waals surface area contributed by atoms with E-state index in [1.165, 1.54) is 45.4 Å². The van der Waals surface area contributed by atoms with Crippen molar-refractivity contribution in [2.24, 2.45) is 5.92 Å². The van der Waals surface area contributed by atoms with E-state index in [4.69, 9.17) is 0 Å². The number of hydrogen-bond donors (Lipinski definition) is 1. The molecule has 1 fully saturated rings. The topological polar surface area (TPSA) is 15.3 Å². The fourth-order valence-corrected chi connectivity index (χ4v) is 1.83. The van der Waals surface area contributed by atoms with Crippen LogP contribution in [0.3, 0.4) is 0 Å². The van der Waals surface area contributed by atoms with Gasteiger partial charge in [-0.15, -0.1) is 0 Å². The molecule has 0 radical (unpaired) electrons. The molecular weight excluding hydrogens is 148 g/mol. The molecule has 1 aliphatic heterocycles. The van der Waals surface area contributed by atoms with Gasteiger partial charge in [0.25, 0.3) is 0 Å². The fourth-order valence-electron chi connectivity index (χ4n) is 1.83. The van der Waals surface area contributed by atoms with Crippen LogP contribution in [0.5, 0.6) is 0 Å². The number of unbranched alkanes of at least 4 members (excludes halogenated alkanes) is 1. The first-order valence-corrected chi connectivity index (χ1v) is 5.22. The predicted molar refractivity (Wildman–Crippen MR) is 53.4 cm³/mol. The molecule has 0 aromatic heterocycles. The number of nitrogens with one attached hydrogen (secondary N) is 1. The summed E-state index contributed by atoms with van der Waals surface area (Å²) in [6, 6.07) is 0. The second-order valence-electron chi connectivity index (χ2n) is 3.97. The van der Waals surface area contributed by atoms with Gasteiger partial charge in [-0.2, -0.15) is 0 Å². The summed E-state index contributed by atoms with van der Waals surface area (Å²) in [6.07, 6.45) is 4.03. The third-order valence-electron chi connectivity index (χ3n) is 2.63. The van der Waals surface area contributed by atoms with Crippen molar-refractivity contribution in [3.8, 4) is 0 Å². The van der Waals surface area contributed by atoms with Crippen LogP contribution in [0.2, 0.25) is 0 Å². The molecule has 0 aromatic carbocycles. The molecule has 2 nitrogen and oxygen atoms in total. The Morgan fingerprint density at radius 3 is 2.92 bits per heavy atom. The maximum atomic E-state index is 3.41. The number of nitrogens with zero attached hydrogens (tertiary/aromatic N) is 1. The van der Waals surface area contributed by atoms with Gasteiger partial charge in [-0.05, 0) is 45.4 Å². The Hall–Kier alpha value is -0.0800. The lowest BCUT2D eigenvalue weighted by Crippen LogP contribution is -2.27. The van der Waals surface area contributed by atoms with Crippen molar-refractivity contribution >= 4 is 0 Å². The first kappa shape index (κ1) is 10.0. The zero-order valence-electron chi connectivity index (χ0n) is 8.47. The summed E-state index contributed by atoms with van der Waals surface area (Å²) in [6.45, 7) is 7.27. The van der Waals surface area contributed by atoms with Crippen LogP contribution < -0.4 is 5.32 Å². The molecule has 1 atom stereocenters. The van der Waals surface area contributed by atoms with Crippen molar-refractivity contribution in [3.63, 3.8) is 0 Å². The second kappa shape index (κ2) is 5.55. The molecule has 1 N–H and O–H groups in total. The van der Waals surface area contributed by atoms with Gasteiger partial charge in [0.15, 0.2) is 0 Å². The Bertz CT molecular complexity index is 108. The average Bonchev–Trinajstić information content (AvgIpc) is 2.53. The van der Waals surface area contributed by atoms with Gasteiger partial charge in [-0.1, -0.05) is 13.3 Å². The van der Waals surface area contributed by atoms with Gasteiger partial charge in [-0.25, -0.2) is 0 Å². The lowest BCUT2D eigenvalue weighted by atomic mass is 10.1. The quantitative estimate of drug-likeness (QED) is 0.669. The van der Waals surface area contributed by atoms with Crippen molar-refractivity contribution in [2.75, 3.05) is 33.2 Å². The minimum Gasteiger partial charge on any atom is -0.316 e. The van der Waals surface area contributed by atoms with E-state index in [1.54, 1.807) is 0 Å². The molecule has 72 valence electrons. The minimum absolute atomic E-state index is 0.909. The van der Waals surface area contributed by atoms with Crippen LogP contribution in [-0.2, 0) is 0 Å². The summed E-state index contributed by atoms with van der Waals surface area (Å²) in [7, 11) is 2.24. The Balaban J connectivity index is 2.03. The Morgan fingerprint density at radius 1 is 1.50 bits per heavy atom. The highest BCUT2D eigenvalue weighted by molar-refractivity contribution is 4.73. The van der Waals surface area contributed by atoms with Crippen molar-refractivity contribution in [1.82, 2.24) is 10.2 Å². The smallest absolute Gasteiger partial charge is 0.00192 e. The molecule has 0 bridgehead atoms.